The number of hydrogen-bond acceptors (Lipinski definition) is 2. The largest absolute Gasteiger partial charge is 0.312 e. The van der Waals surface area contributed by atoms with Gasteiger partial charge in [0, 0.05) is 28.2 Å². The van der Waals surface area contributed by atoms with Gasteiger partial charge in [0.05, 0.1) is 0 Å². The summed E-state index contributed by atoms with van der Waals surface area (Å²) in [5, 5.41) is 3.32. The average molecular weight is 340 g/mol. The van der Waals surface area contributed by atoms with Crippen molar-refractivity contribution < 1.29 is 4.39 Å². The van der Waals surface area contributed by atoms with E-state index in [0.717, 1.165) is 22.3 Å². The van der Waals surface area contributed by atoms with Gasteiger partial charge in [-0.05, 0) is 35.9 Å². The van der Waals surface area contributed by atoms with Gasteiger partial charge in [0.25, 0.3) is 0 Å². The highest BCUT2D eigenvalue weighted by atomic mass is 79.9. The zero-order valence-electron chi connectivity index (χ0n) is 10.4. The van der Waals surface area contributed by atoms with Crippen LogP contribution < -0.4 is 5.32 Å². The van der Waals surface area contributed by atoms with Crippen LogP contribution >= 0.6 is 27.7 Å². The third-order valence-corrected chi connectivity index (χ3v) is 4.01. The third kappa shape index (κ3) is 5.35. The lowest BCUT2D eigenvalue weighted by Gasteiger charge is -2.06. The maximum absolute atomic E-state index is 13.2. The molecule has 2 rings (SSSR count). The Kier molecular flexibility index (Phi) is 5.89. The number of thioether (sulfide) groups is 1. The van der Waals surface area contributed by atoms with Crippen molar-refractivity contribution in [3.05, 3.63) is 64.4 Å². The molecule has 0 heterocycles. The van der Waals surface area contributed by atoms with Crippen molar-refractivity contribution in [3.8, 4) is 0 Å². The molecule has 1 nitrogen and oxygen atoms in total. The van der Waals surface area contributed by atoms with Crippen LogP contribution in [0.25, 0.3) is 0 Å². The Labute approximate surface area is 125 Å². The van der Waals surface area contributed by atoms with E-state index in [1.165, 1.54) is 11.0 Å². The number of rotatable bonds is 6. The first-order valence-corrected chi connectivity index (χ1v) is 7.85. The molecule has 0 fully saturated rings. The molecule has 0 aliphatic carbocycles. The second-order valence-electron chi connectivity index (χ2n) is 4.12. The molecule has 0 saturated heterocycles. The van der Waals surface area contributed by atoms with Gasteiger partial charge in [0.1, 0.15) is 5.82 Å². The normalized spacial score (nSPS) is 10.6. The van der Waals surface area contributed by atoms with Crippen molar-refractivity contribution in [3.63, 3.8) is 0 Å². The Bertz CT molecular complexity index is 499. The predicted molar refractivity (Wildman–Crippen MR) is 83.0 cm³/mol. The Hall–Kier alpha value is -0.840. The molecule has 2 aromatic rings. The van der Waals surface area contributed by atoms with E-state index in [2.05, 4.69) is 33.4 Å². The molecule has 0 atom stereocenters. The Morgan fingerprint density at radius 1 is 1.11 bits per heavy atom. The zero-order chi connectivity index (χ0) is 13.5. The van der Waals surface area contributed by atoms with E-state index < -0.39 is 0 Å². The summed E-state index contributed by atoms with van der Waals surface area (Å²) in [5.41, 5.74) is 0.955. The van der Waals surface area contributed by atoms with E-state index in [-0.39, 0.29) is 5.82 Å². The van der Waals surface area contributed by atoms with E-state index >= 15 is 0 Å². The fourth-order valence-corrected chi connectivity index (χ4v) is 3.05. The minimum Gasteiger partial charge on any atom is -0.312 e. The van der Waals surface area contributed by atoms with Crippen LogP contribution in [0.4, 0.5) is 4.39 Å². The fraction of sp³-hybridized carbons (Fsp3) is 0.200. The average Bonchev–Trinajstić information content (AvgIpc) is 2.38. The molecule has 0 radical (unpaired) electrons. The SMILES string of the molecule is Fc1cc(Br)cc(CNCCSc2ccccc2)c1. The molecule has 0 amide bonds. The predicted octanol–water partition coefficient (Wildman–Crippen LogP) is 4.47. The highest BCUT2D eigenvalue weighted by Gasteiger charge is 1.99. The summed E-state index contributed by atoms with van der Waals surface area (Å²) < 4.78 is 13.9. The molecule has 0 spiro atoms. The van der Waals surface area contributed by atoms with Gasteiger partial charge >= 0.3 is 0 Å². The lowest BCUT2D eigenvalue weighted by molar-refractivity contribution is 0.621. The van der Waals surface area contributed by atoms with Crippen LogP contribution in [0.2, 0.25) is 0 Å². The first kappa shape index (κ1) is 14.6. The summed E-state index contributed by atoms with van der Waals surface area (Å²) in [7, 11) is 0. The number of benzene rings is 2. The van der Waals surface area contributed by atoms with Gasteiger partial charge in [0.15, 0.2) is 0 Å². The van der Waals surface area contributed by atoms with Gasteiger partial charge in [0.2, 0.25) is 0 Å². The van der Waals surface area contributed by atoms with Crippen LogP contribution in [0, 0.1) is 5.82 Å². The molecule has 0 bridgehead atoms. The molecule has 0 saturated carbocycles. The fourth-order valence-electron chi connectivity index (χ4n) is 1.70. The molecule has 2 aromatic carbocycles. The van der Waals surface area contributed by atoms with Crippen LogP contribution in [0.15, 0.2) is 57.9 Å². The van der Waals surface area contributed by atoms with E-state index in [1.54, 1.807) is 6.07 Å². The van der Waals surface area contributed by atoms with E-state index in [9.17, 15) is 4.39 Å². The second-order valence-corrected chi connectivity index (χ2v) is 6.20. The third-order valence-electron chi connectivity index (χ3n) is 2.54. The van der Waals surface area contributed by atoms with Gasteiger partial charge in [-0.2, -0.15) is 0 Å². The summed E-state index contributed by atoms with van der Waals surface area (Å²) in [6, 6.07) is 15.3. The van der Waals surface area contributed by atoms with Crippen molar-refractivity contribution in [2.45, 2.75) is 11.4 Å². The van der Waals surface area contributed by atoms with Gasteiger partial charge in [-0.3, -0.25) is 0 Å². The van der Waals surface area contributed by atoms with Gasteiger partial charge < -0.3 is 5.32 Å². The first-order chi connectivity index (χ1) is 9.24. The molecule has 0 aromatic heterocycles. The Morgan fingerprint density at radius 2 is 1.89 bits per heavy atom. The minimum absolute atomic E-state index is 0.204. The molecule has 100 valence electrons. The Morgan fingerprint density at radius 3 is 2.63 bits per heavy atom. The smallest absolute Gasteiger partial charge is 0.124 e. The van der Waals surface area contributed by atoms with Crippen LogP contribution in [-0.2, 0) is 6.54 Å². The van der Waals surface area contributed by atoms with Crippen molar-refractivity contribution in [1.29, 1.82) is 0 Å². The van der Waals surface area contributed by atoms with Crippen molar-refractivity contribution in [1.82, 2.24) is 5.32 Å². The quantitative estimate of drug-likeness (QED) is 0.615. The molecule has 1 N–H and O–H groups in total. The highest BCUT2D eigenvalue weighted by Crippen LogP contribution is 2.16. The van der Waals surface area contributed by atoms with E-state index in [1.807, 2.05) is 36.0 Å². The van der Waals surface area contributed by atoms with Crippen LogP contribution in [0.3, 0.4) is 0 Å². The molecular weight excluding hydrogens is 325 g/mol. The number of nitrogens with one attached hydrogen (secondary N) is 1. The number of hydrogen-bond donors (Lipinski definition) is 1. The molecule has 0 aliphatic rings. The monoisotopic (exact) mass is 339 g/mol. The maximum atomic E-state index is 13.2. The molecule has 0 aliphatic heterocycles. The number of halogens is 2. The summed E-state index contributed by atoms with van der Waals surface area (Å²) in [6.45, 7) is 1.58. The van der Waals surface area contributed by atoms with Crippen molar-refractivity contribution >= 4 is 27.7 Å². The molecule has 4 heteroatoms. The van der Waals surface area contributed by atoms with Gasteiger partial charge in [-0.1, -0.05) is 34.1 Å². The summed E-state index contributed by atoms with van der Waals surface area (Å²) >= 11 is 5.11. The lowest BCUT2D eigenvalue weighted by Crippen LogP contribution is -2.16. The Balaban J connectivity index is 1.69. The molecule has 19 heavy (non-hydrogen) atoms. The zero-order valence-corrected chi connectivity index (χ0v) is 12.8. The van der Waals surface area contributed by atoms with Crippen molar-refractivity contribution in [2.75, 3.05) is 12.3 Å². The first-order valence-electron chi connectivity index (χ1n) is 6.07. The minimum atomic E-state index is -0.204. The summed E-state index contributed by atoms with van der Waals surface area (Å²) in [5.74, 6) is 0.797. The van der Waals surface area contributed by atoms with Crippen LogP contribution in [-0.4, -0.2) is 12.3 Å². The van der Waals surface area contributed by atoms with Gasteiger partial charge in [-0.25, -0.2) is 4.39 Å². The lowest BCUT2D eigenvalue weighted by atomic mass is 10.2. The topological polar surface area (TPSA) is 12.0 Å². The summed E-state index contributed by atoms with van der Waals surface area (Å²) in [4.78, 5) is 1.28. The van der Waals surface area contributed by atoms with E-state index in [4.69, 9.17) is 0 Å². The van der Waals surface area contributed by atoms with Crippen molar-refractivity contribution in [2.24, 2.45) is 0 Å². The maximum Gasteiger partial charge on any atom is 0.124 e. The summed E-state index contributed by atoms with van der Waals surface area (Å²) in [6.07, 6.45) is 0. The van der Waals surface area contributed by atoms with Crippen LogP contribution in [0.1, 0.15) is 5.56 Å². The molecular formula is C15H15BrFNS. The highest BCUT2D eigenvalue weighted by molar-refractivity contribution is 9.10. The van der Waals surface area contributed by atoms with Crippen LogP contribution in [0.5, 0.6) is 0 Å². The van der Waals surface area contributed by atoms with Gasteiger partial charge in [-0.15, -0.1) is 11.8 Å². The second kappa shape index (κ2) is 7.68. The molecule has 0 unspecified atom stereocenters. The van der Waals surface area contributed by atoms with E-state index in [0.29, 0.717) is 6.54 Å². The standard InChI is InChI=1S/C15H15BrFNS/c16-13-8-12(9-14(17)10-13)11-18-6-7-19-15-4-2-1-3-5-15/h1-5,8-10,18H,6-7,11H2.